The Kier molecular flexibility index (Phi) is 7.37. The first-order valence-electron chi connectivity index (χ1n) is 10.8. The minimum atomic E-state index is -0.670. The molecule has 1 N–H and O–H groups in total. The van der Waals surface area contributed by atoms with E-state index in [0.717, 1.165) is 12.8 Å². The van der Waals surface area contributed by atoms with Crippen LogP contribution in [-0.2, 0) is 16.0 Å². The van der Waals surface area contributed by atoms with Crippen LogP contribution >= 0.6 is 23.8 Å². The quantitative estimate of drug-likeness (QED) is 0.447. The highest BCUT2D eigenvalue weighted by atomic mass is 35.5. The van der Waals surface area contributed by atoms with E-state index in [-0.39, 0.29) is 18.2 Å². The zero-order valence-corrected chi connectivity index (χ0v) is 19.6. The Bertz CT molecular complexity index is 1140. The maximum atomic E-state index is 13.4. The average molecular weight is 478 g/mol. The van der Waals surface area contributed by atoms with E-state index < -0.39 is 6.04 Å². The lowest BCUT2D eigenvalue weighted by molar-refractivity contribution is -0.124. The summed E-state index contributed by atoms with van der Waals surface area (Å²) in [6.45, 7) is 0.569. The summed E-state index contributed by atoms with van der Waals surface area (Å²) in [4.78, 5) is 29.6. The van der Waals surface area contributed by atoms with Gasteiger partial charge in [0.1, 0.15) is 6.04 Å². The van der Waals surface area contributed by atoms with Crippen LogP contribution in [-0.4, -0.2) is 34.4 Å². The number of amides is 2. The summed E-state index contributed by atoms with van der Waals surface area (Å²) in [5.74, 6) is -0.450. The van der Waals surface area contributed by atoms with E-state index in [1.165, 1.54) is 10.5 Å². The largest absolute Gasteiger partial charge is 0.336 e. The standard InChI is InChI=1S/C26H24ClN3O2S/c27-20-12-7-15-22(17-20)30-25(32)23(18-24(31)28-21-13-5-2-6-14-21)29(26(30)33)16-8-11-19-9-3-1-4-10-19/h1-7,9-10,12-15,17,23H,8,11,16,18H2,(H,28,31). The van der Waals surface area contributed by atoms with Gasteiger partial charge in [-0.2, -0.15) is 0 Å². The highest BCUT2D eigenvalue weighted by molar-refractivity contribution is 7.80. The molecule has 1 heterocycles. The predicted molar refractivity (Wildman–Crippen MR) is 136 cm³/mol. The molecule has 1 atom stereocenters. The minimum absolute atomic E-state index is 0.0102. The molecule has 3 aromatic carbocycles. The number of rotatable bonds is 8. The van der Waals surface area contributed by atoms with Crippen molar-refractivity contribution in [1.82, 2.24) is 4.90 Å². The number of para-hydroxylation sites is 1. The van der Waals surface area contributed by atoms with Crippen molar-refractivity contribution in [2.24, 2.45) is 0 Å². The number of carbonyl (C=O) groups excluding carboxylic acids is 2. The van der Waals surface area contributed by atoms with Crippen LogP contribution < -0.4 is 10.2 Å². The Hall–Kier alpha value is -3.22. The maximum Gasteiger partial charge on any atom is 0.256 e. The molecule has 0 radical (unpaired) electrons. The van der Waals surface area contributed by atoms with Crippen LogP contribution in [0.5, 0.6) is 0 Å². The van der Waals surface area contributed by atoms with Gasteiger partial charge in [0.25, 0.3) is 5.91 Å². The monoisotopic (exact) mass is 477 g/mol. The third-order valence-electron chi connectivity index (χ3n) is 5.53. The topological polar surface area (TPSA) is 52.7 Å². The zero-order chi connectivity index (χ0) is 23.2. The summed E-state index contributed by atoms with van der Waals surface area (Å²) in [5, 5.41) is 3.78. The van der Waals surface area contributed by atoms with Crippen LogP contribution in [0.4, 0.5) is 11.4 Å². The number of benzene rings is 3. The van der Waals surface area contributed by atoms with E-state index in [1.54, 1.807) is 24.3 Å². The van der Waals surface area contributed by atoms with Gasteiger partial charge in [-0.05, 0) is 61.0 Å². The van der Waals surface area contributed by atoms with Crippen LogP contribution in [0.3, 0.4) is 0 Å². The van der Waals surface area contributed by atoms with E-state index in [9.17, 15) is 9.59 Å². The lowest BCUT2D eigenvalue weighted by atomic mass is 10.1. The smallest absolute Gasteiger partial charge is 0.256 e. The van der Waals surface area contributed by atoms with Crippen LogP contribution in [0.1, 0.15) is 18.4 Å². The summed E-state index contributed by atoms with van der Waals surface area (Å²) in [7, 11) is 0. The van der Waals surface area contributed by atoms with Crippen LogP contribution in [0.25, 0.3) is 0 Å². The van der Waals surface area contributed by atoms with Crippen molar-refractivity contribution in [3.63, 3.8) is 0 Å². The third-order valence-corrected chi connectivity index (χ3v) is 6.18. The highest BCUT2D eigenvalue weighted by Crippen LogP contribution is 2.29. The summed E-state index contributed by atoms with van der Waals surface area (Å²) in [6.07, 6.45) is 1.67. The molecular weight excluding hydrogens is 454 g/mol. The van der Waals surface area contributed by atoms with Crippen molar-refractivity contribution in [3.8, 4) is 0 Å². The molecular formula is C26H24ClN3O2S. The first-order chi connectivity index (χ1) is 16.0. The number of hydrogen-bond donors (Lipinski definition) is 1. The lowest BCUT2D eigenvalue weighted by Crippen LogP contribution is -2.38. The third kappa shape index (κ3) is 5.59. The number of thiocarbonyl (C=S) groups is 1. The summed E-state index contributed by atoms with van der Waals surface area (Å²) in [5.41, 5.74) is 2.52. The lowest BCUT2D eigenvalue weighted by Gasteiger charge is -2.24. The molecule has 7 heteroatoms. The van der Waals surface area contributed by atoms with Crippen molar-refractivity contribution in [3.05, 3.63) is 95.5 Å². The number of nitrogens with zero attached hydrogens (tertiary/aromatic N) is 2. The molecule has 0 bridgehead atoms. The zero-order valence-electron chi connectivity index (χ0n) is 18.0. The van der Waals surface area contributed by atoms with Gasteiger partial charge < -0.3 is 10.2 Å². The Balaban J connectivity index is 1.52. The molecule has 3 aromatic rings. The maximum absolute atomic E-state index is 13.4. The van der Waals surface area contributed by atoms with E-state index in [2.05, 4.69) is 17.4 Å². The molecule has 1 aliphatic rings. The number of halogens is 1. The molecule has 1 aliphatic heterocycles. The second kappa shape index (κ2) is 10.6. The number of anilines is 2. The van der Waals surface area contributed by atoms with E-state index >= 15 is 0 Å². The van der Waals surface area contributed by atoms with Crippen molar-refractivity contribution >= 4 is 52.1 Å². The minimum Gasteiger partial charge on any atom is -0.336 e. The van der Waals surface area contributed by atoms with Gasteiger partial charge in [0.05, 0.1) is 12.1 Å². The molecule has 0 aliphatic carbocycles. The molecule has 1 unspecified atom stereocenters. The second-order valence-corrected chi connectivity index (χ2v) is 8.65. The van der Waals surface area contributed by atoms with Gasteiger partial charge >= 0.3 is 0 Å². The number of nitrogens with one attached hydrogen (secondary N) is 1. The highest BCUT2D eigenvalue weighted by Gasteiger charge is 2.43. The Morgan fingerprint density at radius 2 is 1.67 bits per heavy atom. The fourth-order valence-electron chi connectivity index (χ4n) is 3.95. The molecule has 5 nitrogen and oxygen atoms in total. The van der Waals surface area contributed by atoms with Gasteiger partial charge in [-0.15, -0.1) is 0 Å². The van der Waals surface area contributed by atoms with Gasteiger partial charge in [-0.25, -0.2) is 0 Å². The number of hydrogen-bond acceptors (Lipinski definition) is 3. The normalized spacial score (nSPS) is 15.7. The molecule has 0 aromatic heterocycles. The second-order valence-electron chi connectivity index (χ2n) is 7.85. The summed E-state index contributed by atoms with van der Waals surface area (Å²) in [6, 6.07) is 25.7. The van der Waals surface area contributed by atoms with Crippen molar-refractivity contribution < 1.29 is 9.59 Å². The molecule has 1 saturated heterocycles. The van der Waals surface area contributed by atoms with E-state index in [4.69, 9.17) is 23.8 Å². The molecule has 0 spiro atoms. The number of carbonyl (C=O) groups is 2. The number of aryl methyl sites for hydroxylation is 1. The van der Waals surface area contributed by atoms with Crippen LogP contribution in [0.15, 0.2) is 84.9 Å². The van der Waals surface area contributed by atoms with E-state index in [1.807, 2.05) is 53.4 Å². The molecule has 4 rings (SSSR count). The predicted octanol–water partition coefficient (Wildman–Crippen LogP) is 5.30. The molecule has 1 fully saturated rings. The summed E-state index contributed by atoms with van der Waals surface area (Å²) >= 11 is 11.9. The Morgan fingerprint density at radius 3 is 2.36 bits per heavy atom. The van der Waals surface area contributed by atoms with Gasteiger partial charge in [-0.1, -0.05) is 66.2 Å². The van der Waals surface area contributed by atoms with Gasteiger partial charge in [0, 0.05) is 17.3 Å². The first kappa shape index (κ1) is 23.0. The molecule has 0 saturated carbocycles. The van der Waals surface area contributed by atoms with Crippen molar-refractivity contribution in [1.29, 1.82) is 0 Å². The van der Waals surface area contributed by atoms with Gasteiger partial charge in [0.15, 0.2) is 5.11 Å². The fraction of sp³-hybridized carbons (Fsp3) is 0.192. The van der Waals surface area contributed by atoms with E-state index in [0.29, 0.717) is 28.1 Å². The van der Waals surface area contributed by atoms with Crippen molar-refractivity contribution in [2.45, 2.75) is 25.3 Å². The fourth-order valence-corrected chi connectivity index (χ4v) is 4.55. The molecule has 2 amide bonds. The first-order valence-corrected chi connectivity index (χ1v) is 11.6. The van der Waals surface area contributed by atoms with Crippen LogP contribution in [0.2, 0.25) is 5.02 Å². The average Bonchev–Trinajstić information content (AvgIpc) is 3.04. The van der Waals surface area contributed by atoms with Gasteiger partial charge in [-0.3, -0.25) is 14.5 Å². The Labute approximate surface area is 204 Å². The van der Waals surface area contributed by atoms with Gasteiger partial charge in [0.2, 0.25) is 5.91 Å². The van der Waals surface area contributed by atoms with Crippen molar-refractivity contribution in [2.75, 3.05) is 16.8 Å². The summed E-state index contributed by atoms with van der Waals surface area (Å²) < 4.78 is 0. The SMILES string of the molecule is O=C(CC1C(=O)N(c2cccc(Cl)c2)C(=S)N1CCCc1ccccc1)Nc1ccccc1. The molecule has 33 heavy (non-hydrogen) atoms. The molecule has 168 valence electrons. The van der Waals surface area contributed by atoms with Crippen LogP contribution in [0, 0.1) is 0 Å². The Morgan fingerprint density at radius 1 is 0.970 bits per heavy atom.